The molecule has 5 heteroatoms. The third kappa shape index (κ3) is 3.63. The van der Waals surface area contributed by atoms with Gasteiger partial charge in [-0.3, -0.25) is 4.79 Å². The predicted molar refractivity (Wildman–Crippen MR) is 76.4 cm³/mol. The summed E-state index contributed by atoms with van der Waals surface area (Å²) in [6, 6.07) is 9.93. The standard InChI is InChI=1S/C15H12BrF2NO/c1-9(10-2-4-12(16)5-3-10)19-15(20)11-6-13(17)8-14(18)7-11/h2-9H,1H3,(H,19,20)/t9-/m0/s1. The summed E-state index contributed by atoms with van der Waals surface area (Å²) in [4.78, 5) is 11.9. The van der Waals surface area contributed by atoms with Gasteiger partial charge in [-0.2, -0.15) is 0 Å². The molecule has 0 aliphatic carbocycles. The van der Waals surface area contributed by atoms with E-state index < -0.39 is 17.5 Å². The fraction of sp³-hybridized carbons (Fsp3) is 0.133. The lowest BCUT2D eigenvalue weighted by molar-refractivity contribution is 0.0939. The minimum absolute atomic E-state index is 0.0357. The van der Waals surface area contributed by atoms with Gasteiger partial charge < -0.3 is 5.32 Å². The number of carbonyl (C=O) groups excluding carboxylic acids is 1. The van der Waals surface area contributed by atoms with Crippen LogP contribution in [0.1, 0.15) is 28.9 Å². The number of hydrogen-bond acceptors (Lipinski definition) is 1. The summed E-state index contributed by atoms with van der Waals surface area (Å²) >= 11 is 3.33. The van der Waals surface area contributed by atoms with Crippen LogP contribution in [0.4, 0.5) is 8.78 Å². The molecular formula is C15H12BrF2NO. The average Bonchev–Trinajstić information content (AvgIpc) is 2.38. The Morgan fingerprint density at radius 2 is 1.65 bits per heavy atom. The number of benzene rings is 2. The minimum atomic E-state index is -0.772. The fourth-order valence-electron chi connectivity index (χ4n) is 1.80. The number of hydrogen-bond donors (Lipinski definition) is 1. The van der Waals surface area contributed by atoms with Gasteiger partial charge in [-0.25, -0.2) is 8.78 Å². The maximum Gasteiger partial charge on any atom is 0.251 e. The number of amides is 1. The summed E-state index contributed by atoms with van der Waals surface area (Å²) in [7, 11) is 0. The van der Waals surface area contributed by atoms with Gasteiger partial charge in [0.25, 0.3) is 5.91 Å². The Balaban J connectivity index is 2.12. The molecule has 1 atom stereocenters. The molecule has 0 spiro atoms. The maximum absolute atomic E-state index is 13.1. The second-order valence-corrected chi connectivity index (χ2v) is 5.32. The first-order valence-electron chi connectivity index (χ1n) is 5.98. The summed E-state index contributed by atoms with van der Waals surface area (Å²) in [5.74, 6) is -2.06. The quantitative estimate of drug-likeness (QED) is 0.891. The highest BCUT2D eigenvalue weighted by Gasteiger charge is 2.13. The van der Waals surface area contributed by atoms with Gasteiger partial charge in [0, 0.05) is 16.1 Å². The number of carbonyl (C=O) groups is 1. The monoisotopic (exact) mass is 339 g/mol. The SMILES string of the molecule is C[C@H](NC(=O)c1cc(F)cc(F)c1)c1ccc(Br)cc1. The maximum atomic E-state index is 13.1. The second kappa shape index (κ2) is 6.13. The largest absolute Gasteiger partial charge is 0.346 e. The first kappa shape index (κ1) is 14.7. The zero-order valence-corrected chi connectivity index (χ0v) is 12.2. The number of nitrogens with one attached hydrogen (secondary N) is 1. The van der Waals surface area contributed by atoms with Crippen LogP contribution in [0.3, 0.4) is 0 Å². The van der Waals surface area contributed by atoms with Crippen molar-refractivity contribution in [3.8, 4) is 0 Å². The van der Waals surface area contributed by atoms with Crippen LogP contribution in [-0.2, 0) is 0 Å². The molecule has 0 heterocycles. The van der Waals surface area contributed by atoms with Crippen molar-refractivity contribution in [2.75, 3.05) is 0 Å². The van der Waals surface area contributed by atoms with Crippen LogP contribution in [0, 0.1) is 11.6 Å². The van der Waals surface area contributed by atoms with Gasteiger partial charge in [-0.1, -0.05) is 28.1 Å². The first-order valence-corrected chi connectivity index (χ1v) is 6.77. The number of halogens is 3. The molecule has 2 nitrogen and oxygen atoms in total. The molecule has 2 rings (SSSR count). The van der Waals surface area contributed by atoms with Gasteiger partial charge in [0.1, 0.15) is 11.6 Å². The molecule has 0 aromatic heterocycles. The summed E-state index contributed by atoms with van der Waals surface area (Å²) in [5.41, 5.74) is 0.866. The van der Waals surface area contributed by atoms with E-state index in [1.807, 2.05) is 24.3 Å². The van der Waals surface area contributed by atoms with Gasteiger partial charge in [0.05, 0.1) is 6.04 Å². The van der Waals surface area contributed by atoms with E-state index in [-0.39, 0.29) is 11.6 Å². The number of rotatable bonds is 3. The molecule has 0 aliphatic heterocycles. The normalized spacial score (nSPS) is 12.0. The fourth-order valence-corrected chi connectivity index (χ4v) is 2.06. The summed E-state index contributed by atoms with van der Waals surface area (Å²) < 4.78 is 27.1. The molecule has 20 heavy (non-hydrogen) atoms. The van der Waals surface area contributed by atoms with E-state index in [0.717, 1.165) is 28.2 Å². The summed E-state index contributed by atoms with van der Waals surface area (Å²) in [6.45, 7) is 1.80. The van der Waals surface area contributed by atoms with Crippen molar-refractivity contribution in [1.29, 1.82) is 0 Å². The third-order valence-corrected chi connectivity index (χ3v) is 3.37. The van der Waals surface area contributed by atoms with Crippen LogP contribution in [0.2, 0.25) is 0 Å². The molecule has 0 bridgehead atoms. The van der Waals surface area contributed by atoms with Crippen molar-refractivity contribution >= 4 is 21.8 Å². The third-order valence-electron chi connectivity index (χ3n) is 2.84. The topological polar surface area (TPSA) is 29.1 Å². The van der Waals surface area contributed by atoms with Crippen molar-refractivity contribution in [2.45, 2.75) is 13.0 Å². The molecule has 0 aliphatic rings. The van der Waals surface area contributed by atoms with Crippen molar-refractivity contribution in [2.24, 2.45) is 0 Å². The van der Waals surface area contributed by atoms with E-state index in [2.05, 4.69) is 21.2 Å². The molecular weight excluding hydrogens is 328 g/mol. The van der Waals surface area contributed by atoms with Crippen LogP contribution in [-0.4, -0.2) is 5.91 Å². The van der Waals surface area contributed by atoms with Gasteiger partial charge in [-0.05, 0) is 36.8 Å². The van der Waals surface area contributed by atoms with Gasteiger partial charge in [0.2, 0.25) is 0 Å². The molecule has 0 saturated heterocycles. The Morgan fingerprint density at radius 3 is 2.20 bits per heavy atom. The summed E-state index contributed by atoms with van der Waals surface area (Å²) in [5, 5.41) is 2.70. The van der Waals surface area contributed by atoms with E-state index in [9.17, 15) is 13.6 Å². The molecule has 2 aromatic carbocycles. The minimum Gasteiger partial charge on any atom is -0.346 e. The van der Waals surface area contributed by atoms with Gasteiger partial charge in [0.15, 0.2) is 0 Å². The van der Waals surface area contributed by atoms with E-state index in [0.29, 0.717) is 0 Å². The molecule has 2 aromatic rings. The van der Waals surface area contributed by atoms with Gasteiger partial charge in [-0.15, -0.1) is 0 Å². The second-order valence-electron chi connectivity index (χ2n) is 4.40. The van der Waals surface area contributed by atoms with Crippen molar-refractivity contribution in [3.63, 3.8) is 0 Å². The lowest BCUT2D eigenvalue weighted by Gasteiger charge is -2.14. The van der Waals surface area contributed by atoms with Crippen LogP contribution in [0.5, 0.6) is 0 Å². The van der Waals surface area contributed by atoms with Crippen molar-refractivity contribution in [1.82, 2.24) is 5.32 Å². The lowest BCUT2D eigenvalue weighted by atomic mass is 10.1. The van der Waals surface area contributed by atoms with Crippen LogP contribution in [0.15, 0.2) is 46.9 Å². The highest BCUT2D eigenvalue weighted by molar-refractivity contribution is 9.10. The average molecular weight is 340 g/mol. The molecule has 0 saturated carbocycles. The zero-order chi connectivity index (χ0) is 14.7. The summed E-state index contributed by atoms with van der Waals surface area (Å²) in [6.07, 6.45) is 0. The lowest BCUT2D eigenvalue weighted by Crippen LogP contribution is -2.26. The molecule has 0 unspecified atom stereocenters. The Hall–Kier alpha value is -1.75. The molecule has 0 radical (unpaired) electrons. The Kier molecular flexibility index (Phi) is 4.49. The van der Waals surface area contributed by atoms with E-state index >= 15 is 0 Å². The Labute approximate surface area is 123 Å². The Morgan fingerprint density at radius 1 is 1.10 bits per heavy atom. The van der Waals surface area contributed by atoms with Crippen LogP contribution in [0.25, 0.3) is 0 Å². The van der Waals surface area contributed by atoms with Crippen LogP contribution >= 0.6 is 15.9 Å². The van der Waals surface area contributed by atoms with E-state index in [1.165, 1.54) is 0 Å². The Bertz CT molecular complexity index is 608. The zero-order valence-electron chi connectivity index (χ0n) is 10.7. The molecule has 104 valence electrons. The van der Waals surface area contributed by atoms with Gasteiger partial charge >= 0.3 is 0 Å². The first-order chi connectivity index (χ1) is 9.45. The predicted octanol–water partition coefficient (Wildman–Crippen LogP) is 4.22. The molecule has 0 fully saturated rings. The van der Waals surface area contributed by atoms with Crippen molar-refractivity contribution in [3.05, 3.63) is 69.7 Å². The van der Waals surface area contributed by atoms with Crippen LogP contribution < -0.4 is 5.32 Å². The van der Waals surface area contributed by atoms with Crippen molar-refractivity contribution < 1.29 is 13.6 Å². The van der Waals surface area contributed by atoms with E-state index in [1.54, 1.807) is 6.92 Å². The highest BCUT2D eigenvalue weighted by Crippen LogP contribution is 2.17. The van der Waals surface area contributed by atoms with E-state index in [4.69, 9.17) is 0 Å². The smallest absolute Gasteiger partial charge is 0.251 e. The molecule has 1 N–H and O–H groups in total. The highest BCUT2D eigenvalue weighted by atomic mass is 79.9. The molecule has 1 amide bonds.